The quantitative estimate of drug-likeness (QED) is 0.742. The number of nitrogens with zero attached hydrogens (tertiary/aromatic N) is 6. The third kappa shape index (κ3) is 4.27. The monoisotopic (exact) mass is 346 g/mol. The van der Waals surface area contributed by atoms with E-state index >= 15 is 0 Å². The van der Waals surface area contributed by atoms with Gasteiger partial charge in [0.1, 0.15) is 0 Å². The van der Waals surface area contributed by atoms with Gasteiger partial charge in [0.05, 0.1) is 6.54 Å². The van der Waals surface area contributed by atoms with Crippen LogP contribution in [0.1, 0.15) is 24.0 Å². The van der Waals surface area contributed by atoms with E-state index in [2.05, 4.69) is 27.3 Å². The second kappa shape index (κ2) is 8.16. The maximum atomic E-state index is 12.2. The summed E-state index contributed by atoms with van der Waals surface area (Å²) >= 11 is 1.63. The highest BCUT2D eigenvalue weighted by Crippen LogP contribution is 2.11. The van der Waals surface area contributed by atoms with E-state index in [0.717, 1.165) is 56.4 Å². The molecule has 0 aliphatic carbocycles. The first-order valence-corrected chi connectivity index (χ1v) is 9.12. The lowest BCUT2D eigenvalue weighted by Crippen LogP contribution is -2.48. The molecule has 1 saturated heterocycles. The lowest BCUT2D eigenvalue weighted by atomic mass is 10.3. The van der Waals surface area contributed by atoms with Crippen LogP contribution in [0.3, 0.4) is 0 Å². The molecule has 1 fully saturated rings. The van der Waals surface area contributed by atoms with E-state index in [1.165, 1.54) is 0 Å². The number of thiophene rings is 1. The van der Waals surface area contributed by atoms with Crippen LogP contribution in [0.5, 0.6) is 0 Å². The maximum absolute atomic E-state index is 12.2. The highest BCUT2D eigenvalue weighted by Gasteiger charge is 2.21. The van der Waals surface area contributed by atoms with E-state index in [0.29, 0.717) is 0 Å². The van der Waals surface area contributed by atoms with Gasteiger partial charge in [-0.25, -0.2) is 4.68 Å². The van der Waals surface area contributed by atoms with Crippen molar-refractivity contribution in [3.8, 4) is 0 Å². The molecule has 1 aliphatic rings. The van der Waals surface area contributed by atoms with Crippen LogP contribution in [-0.2, 0) is 17.9 Å². The minimum atomic E-state index is 0.0823. The Labute approximate surface area is 145 Å². The summed E-state index contributed by atoms with van der Waals surface area (Å²) in [6, 6.07) is 3.99. The van der Waals surface area contributed by atoms with Crippen LogP contribution >= 0.6 is 11.3 Å². The van der Waals surface area contributed by atoms with Crippen LogP contribution in [0.15, 0.2) is 23.6 Å². The van der Waals surface area contributed by atoms with Crippen molar-refractivity contribution in [1.82, 2.24) is 30.0 Å². The minimum Gasteiger partial charge on any atom is -0.337 e. The fourth-order valence-electron chi connectivity index (χ4n) is 2.69. The Balaban J connectivity index is 1.48. The van der Waals surface area contributed by atoms with Gasteiger partial charge in [0.15, 0.2) is 5.82 Å². The summed E-state index contributed by atoms with van der Waals surface area (Å²) in [5, 5.41) is 13.9. The molecule has 3 rings (SSSR count). The fraction of sp³-hybridized carbons (Fsp3) is 0.500. The van der Waals surface area contributed by atoms with Gasteiger partial charge in [0.25, 0.3) is 0 Å². The number of piperazine rings is 1. The van der Waals surface area contributed by atoms with Crippen LogP contribution < -0.4 is 0 Å². The molecule has 24 heavy (non-hydrogen) atoms. The highest BCUT2D eigenvalue weighted by molar-refractivity contribution is 7.10. The Kier molecular flexibility index (Phi) is 5.71. The van der Waals surface area contributed by atoms with Crippen molar-refractivity contribution >= 4 is 23.3 Å². The molecule has 3 heterocycles. The van der Waals surface area contributed by atoms with Gasteiger partial charge in [-0.05, 0) is 34.4 Å². The number of hydrogen-bond donors (Lipinski definition) is 0. The second-order valence-corrected chi connectivity index (χ2v) is 6.75. The molecule has 0 bridgehead atoms. The number of rotatable bonds is 6. The van der Waals surface area contributed by atoms with Gasteiger partial charge in [-0.3, -0.25) is 9.69 Å². The van der Waals surface area contributed by atoms with Crippen LogP contribution in [0.2, 0.25) is 0 Å². The number of amides is 1. The van der Waals surface area contributed by atoms with E-state index in [-0.39, 0.29) is 5.91 Å². The number of hydrogen-bond acceptors (Lipinski definition) is 6. The van der Waals surface area contributed by atoms with Crippen molar-refractivity contribution in [2.24, 2.45) is 0 Å². The molecule has 0 radical (unpaired) electrons. The van der Waals surface area contributed by atoms with Gasteiger partial charge >= 0.3 is 0 Å². The Morgan fingerprint density at radius 3 is 2.88 bits per heavy atom. The SMILES string of the molecule is CCCn1nnnc1CN1CCN(C(=O)/C=C/c2cccs2)CC1. The molecule has 0 spiro atoms. The molecule has 2 aromatic rings. The third-order valence-corrected chi connectivity index (χ3v) is 4.86. The van der Waals surface area contributed by atoms with E-state index in [1.54, 1.807) is 17.4 Å². The smallest absolute Gasteiger partial charge is 0.246 e. The van der Waals surface area contributed by atoms with E-state index < -0.39 is 0 Å². The highest BCUT2D eigenvalue weighted by atomic mass is 32.1. The van der Waals surface area contributed by atoms with Crippen LogP contribution in [-0.4, -0.2) is 62.1 Å². The van der Waals surface area contributed by atoms with Gasteiger partial charge in [-0.15, -0.1) is 16.4 Å². The molecule has 1 amide bonds. The fourth-order valence-corrected chi connectivity index (χ4v) is 3.31. The molecule has 1 aliphatic heterocycles. The van der Waals surface area contributed by atoms with Crippen LogP contribution in [0.4, 0.5) is 0 Å². The lowest BCUT2D eigenvalue weighted by Gasteiger charge is -2.33. The van der Waals surface area contributed by atoms with Crippen LogP contribution in [0, 0.1) is 0 Å². The van der Waals surface area contributed by atoms with Crippen molar-refractivity contribution in [2.45, 2.75) is 26.4 Å². The van der Waals surface area contributed by atoms with E-state index in [9.17, 15) is 4.79 Å². The number of carbonyl (C=O) groups is 1. The van der Waals surface area contributed by atoms with Gasteiger partial charge < -0.3 is 4.90 Å². The van der Waals surface area contributed by atoms with Gasteiger partial charge in [-0.1, -0.05) is 13.0 Å². The Bertz CT molecular complexity index is 673. The van der Waals surface area contributed by atoms with Gasteiger partial charge in [0, 0.05) is 43.7 Å². The zero-order valence-electron chi connectivity index (χ0n) is 13.8. The normalized spacial score (nSPS) is 16.1. The Morgan fingerprint density at radius 2 is 2.17 bits per heavy atom. The molecule has 0 aromatic carbocycles. The lowest BCUT2D eigenvalue weighted by molar-refractivity contribution is -0.127. The van der Waals surface area contributed by atoms with E-state index in [4.69, 9.17) is 0 Å². The number of carbonyl (C=O) groups excluding carboxylic acids is 1. The predicted octanol–water partition coefficient (Wildman–Crippen LogP) is 1.50. The zero-order valence-corrected chi connectivity index (χ0v) is 14.7. The zero-order chi connectivity index (χ0) is 16.8. The Morgan fingerprint density at radius 1 is 1.33 bits per heavy atom. The standard InChI is InChI=1S/C16H22N6OS/c1-2-7-22-15(17-18-19-22)13-20-8-10-21(11-9-20)16(23)6-5-14-4-3-12-24-14/h3-6,12H,2,7-11,13H2,1H3/b6-5+. The first kappa shape index (κ1) is 16.8. The topological polar surface area (TPSA) is 67.2 Å². The first-order valence-electron chi connectivity index (χ1n) is 8.24. The molecule has 128 valence electrons. The van der Waals surface area contributed by atoms with Crippen molar-refractivity contribution in [2.75, 3.05) is 26.2 Å². The summed E-state index contributed by atoms with van der Waals surface area (Å²) < 4.78 is 1.86. The maximum Gasteiger partial charge on any atom is 0.246 e. The molecule has 8 heteroatoms. The molecule has 2 aromatic heterocycles. The predicted molar refractivity (Wildman–Crippen MR) is 93.3 cm³/mol. The molecule has 0 saturated carbocycles. The molecule has 0 unspecified atom stereocenters. The average Bonchev–Trinajstić information content (AvgIpc) is 3.26. The average molecular weight is 346 g/mol. The van der Waals surface area contributed by atoms with Crippen molar-refractivity contribution in [3.05, 3.63) is 34.3 Å². The summed E-state index contributed by atoms with van der Waals surface area (Å²) in [7, 11) is 0. The third-order valence-electron chi connectivity index (χ3n) is 4.02. The molecular formula is C16H22N6OS. The summed E-state index contributed by atoms with van der Waals surface area (Å²) in [6.45, 7) is 6.86. The van der Waals surface area contributed by atoms with Crippen molar-refractivity contribution in [1.29, 1.82) is 0 Å². The molecule has 7 nitrogen and oxygen atoms in total. The minimum absolute atomic E-state index is 0.0823. The second-order valence-electron chi connectivity index (χ2n) is 5.77. The van der Waals surface area contributed by atoms with Crippen molar-refractivity contribution < 1.29 is 4.79 Å². The largest absolute Gasteiger partial charge is 0.337 e. The number of aryl methyl sites for hydroxylation is 1. The summed E-state index contributed by atoms with van der Waals surface area (Å²) in [6.07, 6.45) is 4.57. The van der Waals surface area contributed by atoms with Crippen molar-refractivity contribution in [3.63, 3.8) is 0 Å². The number of tetrazole rings is 1. The summed E-state index contributed by atoms with van der Waals surface area (Å²) in [5.41, 5.74) is 0. The summed E-state index contributed by atoms with van der Waals surface area (Å²) in [4.78, 5) is 17.5. The first-order chi connectivity index (χ1) is 11.8. The number of aromatic nitrogens is 4. The van der Waals surface area contributed by atoms with E-state index in [1.807, 2.05) is 33.2 Å². The Hall–Kier alpha value is -2.06. The van der Waals surface area contributed by atoms with Gasteiger partial charge in [-0.2, -0.15) is 0 Å². The summed E-state index contributed by atoms with van der Waals surface area (Å²) in [5.74, 6) is 0.980. The van der Waals surface area contributed by atoms with Crippen LogP contribution in [0.25, 0.3) is 6.08 Å². The molecule has 0 N–H and O–H groups in total. The van der Waals surface area contributed by atoms with Gasteiger partial charge in [0.2, 0.25) is 5.91 Å². The molecule has 0 atom stereocenters. The molecular weight excluding hydrogens is 324 g/mol.